The lowest BCUT2D eigenvalue weighted by Gasteiger charge is -2.15. The summed E-state index contributed by atoms with van der Waals surface area (Å²) in [6, 6.07) is 5.08. The first kappa shape index (κ1) is 17.0. The number of nitrogens with zero attached hydrogens (tertiary/aromatic N) is 3. The van der Waals surface area contributed by atoms with Gasteiger partial charge in [0, 0.05) is 23.9 Å². The van der Waals surface area contributed by atoms with Gasteiger partial charge in [0.25, 0.3) is 0 Å². The SMILES string of the molecule is Oc1ccc(Cl)c(F)c1-c1c(F)cc(-c2ncc3n2CCN=C3)cc1Cl. The van der Waals surface area contributed by atoms with E-state index in [1.165, 1.54) is 24.3 Å². The van der Waals surface area contributed by atoms with Crippen LogP contribution in [0.3, 0.4) is 0 Å². The van der Waals surface area contributed by atoms with E-state index in [-0.39, 0.29) is 21.2 Å². The minimum absolute atomic E-state index is 0.0571. The summed E-state index contributed by atoms with van der Waals surface area (Å²) in [6.45, 7) is 1.22. The Bertz CT molecular complexity index is 1040. The highest BCUT2D eigenvalue weighted by Crippen LogP contribution is 2.42. The molecule has 1 aliphatic heterocycles. The first-order valence-corrected chi connectivity index (χ1v) is 8.45. The van der Waals surface area contributed by atoms with Crippen molar-refractivity contribution in [3.8, 4) is 28.3 Å². The Morgan fingerprint density at radius 2 is 1.88 bits per heavy atom. The molecule has 0 unspecified atom stereocenters. The van der Waals surface area contributed by atoms with E-state index in [1.54, 1.807) is 12.4 Å². The zero-order valence-corrected chi connectivity index (χ0v) is 14.7. The fourth-order valence-electron chi connectivity index (χ4n) is 2.99. The maximum Gasteiger partial charge on any atom is 0.153 e. The average molecular weight is 394 g/mol. The van der Waals surface area contributed by atoms with Gasteiger partial charge >= 0.3 is 0 Å². The first-order valence-electron chi connectivity index (χ1n) is 7.69. The number of phenolic OH excluding ortho intramolecular Hbond substituents is 1. The predicted molar refractivity (Wildman–Crippen MR) is 97.2 cm³/mol. The second-order valence-electron chi connectivity index (χ2n) is 5.76. The molecule has 2 aromatic carbocycles. The lowest BCUT2D eigenvalue weighted by atomic mass is 10.0. The summed E-state index contributed by atoms with van der Waals surface area (Å²) in [4.78, 5) is 8.48. The molecule has 0 radical (unpaired) electrons. The molecule has 0 fully saturated rings. The Balaban J connectivity index is 1.89. The van der Waals surface area contributed by atoms with Gasteiger partial charge in [-0.05, 0) is 24.3 Å². The van der Waals surface area contributed by atoms with Crippen molar-refractivity contribution in [1.82, 2.24) is 9.55 Å². The number of hydrogen-bond acceptors (Lipinski definition) is 3. The third kappa shape index (κ3) is 2.66. The Morgan fingerprint density at radius 3 is 2.65 bits per heavy atom. The minimum Gasteiger partial charge on any atom is -0.507 e. The Labute approximate surface area is 157 Å². The monoisotopic (exact) mass is 393 g/mol. The molecule has 2 heterocycles. The molecule has 4 rings (SSSR count). The molecule has 4 nitrogen and oxygen atoms in total. The number of aromatic nitrogens is 2. The van der Waals surface area contributed by atoms with E-state index in [1.807, 2.05) is 4.57 Å². The van der Waals surface area contributed by atoms with E-state index in [2.05, 4.69) is 9.98 Å². The maximum absolute atomic E-state index is 14.8. The van der Waals surface area contributed by atoms with Crippen LogP contribution in [0.4, 0.5) is 8.78 Å². The summed E-state index contributed by atoms with van der Waals surface area (Å²) in [7, 11) is 0. The third-order valence-corrected chi connectivity index (χ3v) is 4.78. The van der Waals surface area contributed by atoms with Crippen LogP contribution in [-0.2, 0) is 6.54 Å². The average Bonchev–Trinajstić information content (AvgIpc) is 3.04. The van der Waals surface area contributed by atoms with Crippen molar-refractivity contribution in [2.24, 2.45) is 4.99 Å². The molecule has 1 N–H and O–H groups in total. The van der Waals surface area contributed by atoms with Gasteiger partial charge in [-0.25, -0.2) is 13.8 Å². The minimum atomic E-state index is -0.936. The lowest BCUT2D eigenvalue weighted by molar-refractivity contribution is 0.471. The molecule has 0 atom stereocenters. The molecule has 0 saturated heterocycles. The first-order chi connectivity index (χ1) is 12.5. The van der Waals surface area contributed by atoms with Crippen molar-refractivity contribution in [1.29, 1.82) is 0 Å². The van der Waals surface area contributed by atoms with Crippen LogP contribution in [0, 0.1) is 11.6 Å². The van der Waals surface area contributed by atoms with Crippen LogP contribution < -0.4 is 0 Å². The largest absolute Gasteiger partial charge is 0.507 e. The number of halogens is 4. The molecule has 0 spiro atoms. The number of hydrogen-bond donors (Lipinski definition) is 1. The molecule has 0 bridgehead atoms. The van der Waals surface area contributed by atoms with Crippen molar-refractivity contribution in [2.75, 3.05) is 6.54 Å². The molecular weight excluding hydrogens is 383 g/mol. The standard InChI is InChI=1S/C18H11Cl2F2N3O/c19-11-1-2-14(26)16(17(11)22)15-12(20)5-9(6-13(15)21)18-24-8-10-7-23-3-4-25(10)18/h1-2,5-8,26H,3-4H2. The van der Waals surface area contributed by atoms with Gasteiger partial charge in [-0.2, -0.15) is 0 Å². The summed E-state index contributed by atoms with van der Waals surface area (Å²) in [6.07, 6.45) is 3.34. The van der Waals surface area contributed by atoms with Gasteiger partial charge in [-0.1, -0.05) is 23.2 Å². The van der Waals surface area contributed by atoms with Gasteiger partial charge < -0.3 is 9.67 Å². The van der Waals surface area contributed by atoms with Gasteiger partial charge in [0.2, 0.25) is 0 Å². The highest BCUT2D eigenvalue weighted by atomic mass is 35.5. The van der Waals surface area contributed by atoms with Crippen molar-refractivity contribution in [3.05, 3.63) is 57.8 Å². The normalized spacial score (nSPS) is 13.1. The number of rotatable bonds is 2. The molecule has 1 aliphatic rings. The second-order valence-corrected chi connectivity index (χ2v) is 6.58. The second kappa shape index (κ2) is 6.37. The zero-order chi connectivity index (χ0) is 18.4. The summed E-state index contributed by atoms with van der Waals surface area (Å²) in [5.41, 5.74) is 0.633. The number of fused-ring (bicyclic) bond motifs is 1. The van der Waals surface area contributed by atoms with E-state index in [0.29, 0.717) is 24.5 Å². The van der Waals surface area contributed by atoms with Crippen LogP contribution in [0.2, 0.25) is 10.0 Å². The molecule has 132 valence electrons. The van der Waals surface area contributed by atoms with Gasteiger partial charge in [-0.3, -0.25) is 4.99 Å². The van der Waals surface area contributed by atoms with Gasteiger partial charge in [0.1, 0.15) is 17.4 Å². The van der Waals surface area contributed by atoms with Crippen LogP contribution in [0.1, 0.15) is 5.69 Å². The van der Waals surface area contributed by atoms with E-state index in [9.17, 15) is 13.9 Å². The van der Waals surface area contributed by atoms with Crippen LogP contribution >= 0.6 is 23.2 Å². The Kier molecular flexibility index (Phi) is 4.17. The van der Waals surface area contributed by atoms with Crippen molar-refractivity contribution < 1.29 is 13.9 Å². The van der Waals surface area contributed by atoms with Crippen LogP contribution in [0.15, 0.2) is 35.5 Å². The highest BCUT2D eigenvalue weighted by molar-refractivity contribution is 6.34. The molecule has 8 heteroatoms. The number of phenols is 1. The smallest absolute Gasteiger partial charge is 0.153 e. The van der Waals surface area contributed by atoms with E-state index < -0.39 is 17.4 Å². The quantitative estimate of drug-likeness (QED) is 0.670. The highest BCUT2D eigenvalue weighted by Gasteiger charge is 2.23. The van der Waals surface area contributed by atoms with E-state index in [4.69, 9.17) is 23.2 Å². The predicted octanol–water partition coefficient (Wildman–Crippen LogP) is 4.94. The fourth-order valence-corrected chi connectivity index (χ4v) is 3.45. The van der Waals surface area contributed by atoms with Crippen molar-refractivity contribution in [2.45, 2.75) is 6.54 Å². The number of aliphatic imine (C=N–C) groups is 1. The van der Waals surface area contributed by atoms with E-state index >= 15 is 0 Å². The van der Waals surface area contributed by atoms with Gasteiger partial charge in [0.15, 0.2) is 5.82 Å². The third-order valence-electron chi connectivity index (χ3n) is 4.19. The molecule has 1 aromatic heterocycles. The topological polar surface area (TPSA) is 50.4 Å². The number of aromatic hydroxyl groups is 1. The molecule has 26 heavy (non-hydrogen) atoms. The summed E-state index contributed by atoms with van der Waals surface area (Å²) >= 11 is 12.0. The van der Waals surface area contributed by atoms with Crippen LogP contribution in [0.25, 0.3) is 22.5 Å². The van der Waals surface area contributed by atoms with Gasteiger partial charge in [0.05, 0.1) is 34.0 Å². The van der Waals surface area contributed by atoms with Crippen LogP contribution in [0.5, 0.6) is 5.75 Å². The molecule has 0 amide bonds. The number of imidazole rings is 1. The van der Waals surface area contributed by atoms with Crippen LogP contribution in [-0.4, -0.2) is 27.4 Å². The molecule has 3 aromatic rings. The summed E-state index contributed by atoms with van der Waals surface area (Å²) in [5, 5.41) is 9.68. The zero-order valence-electron chi connectivity index (χ0n) is 13.2. The molecular formula is C18H11Cl2F2N3O. The summed E-state index contributed by atoms with van der Waals surface area (Å²) in [5.74, 6) is -1.63. The fraction of sp³-hybridized carbons (Fsp3) is 0.111. The number of benzene rings is 2. The molecule has 0 saturated carbocycles. The Hall–Kier alpha value is -2.44. The molecule has 0 aliphatic carbocycles. The summed E-state index contributed by atoms with van der Waals surface area (Å²) < 4.78 is 31.1. The van der Waals surface area contributed by atoms with Crippen molar-refractivity contribution in [3.63, 3.8) is 0 Å². The lowest BCUT2D eigenvalue weighted by Crippen LogP contribution is -2.11. The van der Waals surface area contributed by atoms with Gasteiger partial charge in [-0.15, -0.1) is 0 Å². The van der Waals surface area contributed by atoms with E-state index in [0.717, 1.165) is 5.69 Å². The maximum atomic E-state index is 14.8. The van der Waals surface area contributed by atoms with Crippen molar-refractivity contribution >= 4 is 29.4 Å². The Morgan fingerprint density at radius 1 is 1.08 bits per heavy atom.